The van der Waals surface area contributed by atoms with Gasteiger partial charge in [0.15, 0.2) is 0 Å². The molecule has 2 aliphatic rings. The van der Waals surface area contributed by atoms with E-state index >= 15 is 0 Å². The zero-order chi connectivity index (χ0) is 33.6. The van der Waals surface area contributed by atoms with E-state index in [0.29, 0.717) is 13.1 Å². The topological polar surface area (TPSA) is 74.8 Å². The van der Waals surface area contributed by atoms with Crippen molar-refractivity contribution in [2.75, 3.05) is 22.9 Å². The van der Waals surface area contributed by atoms with Crippen molar-refractivity contribution in [3.05, 3.63) is 134 Å². The maximum absolute atomic E-state index is 14.2. The molecule has 3 aromatic carbocycles. The minimum Gasteiger partial charge on any atom is -0.344 e. The van der Waals surface area contributed by atoms with Crippen LogP contribution in [-0.2, 0) is 10.8 Å². The molecule has 8 heteroatoms. The van der Waals surface area contributed by atoms with Crippen molar-refractivity contribution < 1.29 is 8.78 Å². The van der Waals surface area contributed by atoms with Crippen LogP contribution in [0, 0.1) is 11.6 Å². The molecule has 0 saturated carbocycles. The molecular weight excluding hydrogens is 586 g/mol. The quantitative estimate of drug-likeness (QED) is 0.335. The Morgan fingerprint density at radius 3 is 1.26 bits per heavy atom. The number of allylic oxidation sites excluding steroid dienone is 4. The number of fused-ring (bicyclic) bond motifs is 2. The predicted octanol–water partition coefficient (Wildman–Crippen LogP) is 4.81. The van der Waals surface area contributed by atoms with E-state index < -0.39 is 43.0 Å². The monoisotopic (exact) mass is 626 g/mol. The summed E-state index contributed by atoms with van der Waals surface area (Å²) in [5.74, 6) is -0.731. The summed E-state index contributed by atoms with van der Waals surface area (Å²) in [6.45, 7) is 13.1. The average Bonchev–Trinajstić information content (AvgIpc) is 3.35. The highest BCUT2D eigenvalue weighted by atomic mass is 19.1. The number of unbranched alkanes of at least 4 members (excludes halogenated alkanes) is 2. The lowest BCUT2D eigenvalue weighted by atomic mass is 9.83. The summed E-state index contributed by atoms with van der Waals surface area (Å²) in [6, 6.07) is 9.21. The molecule has 0 saturated heterocycles. The summed E-state index contributed by atoms with van der Waals surface area (Å²) in [5, 5.41) is -0.983. The van der Waals surface area contributed by atoms with E-state index in [4.69, 9.17) is 0 Å². The second-order valence-electron chi connectivity index (χ2n) is 13.2. The number of rotatable bonds is 8. The van der Waals surface area contributed by atoms with Crippen LogP contribution in [0.1, 0.15) is 78.4 Å². The summed E-state index contributed by atoms with van der Waals surface area (Å²) >= 11 is 0. The SMILES string of the molecule is CCCCN1/C(=C/C=c2c(=O)c(=O)c(=C/C=C3/N(CCCC)c4ccc(F)cc4C3(C)C)c(=O)c2=O)C(C)(C)c2cc(F)ccc21. The summed E-state index contributed by atoms with van der Waals surface area (Å²) in [5.41, 5.74) is -0.852. The van der Waals surface area contributed by atoms with Gasteiger partial charge in [0, 0.05) is 46.7 Å². The summed E-state index contributed by atoms with van der Waals surface area (Å²) in [7, 11) is 0. The lowest BCUT2D eigenvalue weighted by Gasteiger charge is -2.27. The highest BCUT2D eigenvalue weighted by molar-refractivity contribution is 5.73. The standard InChI is InChI=1S/C38H40F2N2O4/c1-7-9-19-41-29-15-11-23(39)21-27(29)37(3,4)31(41)17-13-25-33(43)35(45)26(36(46)34(25)44)14-18-32-38(5,6)28-22-24(40)12-16-30(28)42(32)20-10-8-2/h11-18,21-22H,7-10,19-20H2,1-6H3/b25-13?,26-14?,31-17+,32-18+. The first kappa shape index (κ1) is 32.9. The number of nitrogens with zero attached hydrogens (tertiary/aromatic N) is 2. The summed E-state index contributed by atoms with van der Waals surface area (Å²) < 4.78 is 28.5. The van der Waals surface area contributed by atoms with Gasteiger partial charge in [0.05, 0.1) is 10.4 Å². The van der Waals surface area contributed by atoms with E-state index in [1.807, 2.05) is 37.5 Å². The number of anilines is 2. The number of halogens is 2. The molecule has 5 rings (SSSR count). The maximum atomic E-state index is 14.2. The molecule has 0 radical (unpaired) electrons. The van der Waals surface area contributed by atoms with Gasteiger partial charge in [-0.1, -0.05) is 54.4 Å². The van der Waals surface area contributed by atoms with Gasteiger partial charge in [-0.25, -0.2) is 8.78 Å². The van der Waals surface area contributed by atoms with Gasteiger partial charge < -0.3 is 9.80 Å². The Hall–Kier alpha value is -4.46. The van der Waals surface area contributed by atoms with Crippen molar-refractivity contribution in [2.24, 2.45) is 0 Å². The molecule has 2 heterocycles. The van der Waals surface area contributed by atoms with Gasteiger partial charge in [0.25, 0.3) is 0 Å². The molecule has 3 aromatic rings. The lowest BCUT2D eigenvalue weighted by Crippen LogP contribution is -2.64. The zero-order valence-electron chi connectivity index (χ0n) is 27.3. The third kappa shape index (κ3) is 5.48. The Balaban J connectivity index is 1.64. The number of hydrogen-bond acceptors (Lipinski definition) is 6. The van der Waals surface area contributed by atoms with E-state index in [-0.39, 0.29) is 11.6 Å². The molecule has 0 spiro atoms. The van der Waals surface area contributed by atoms with Gasteiger partial charge in [-0.05, 0) is 84.7 Å². The molecule has 0 bridgehead atoms. The molecule has 0 aromatic heterocycles. The lowest BCUT2D eigenvalue weighted by molar-refractivity contribution is 0.602. The van der Waals surface area contributed by atoms with E-state index in [1.165, 1.54) is 36.4 Å². The molecule has 0 fully saturated rings. The second kappa shape index (κ2) is 12.4. The molecule has 0 unspecified atom stereocenters. The van der Waals surface area contributed by atoms with Crippen LogP contribution in [-0.4, -0.2) is 13.1 Å². The van der Waals surface area contributed by atoms with Gasteiger partial charge in [-0.3, -0.25) is 19.2 Å². The first-order chi connectivity index (χ1) is 21.7. The Labute approximate surface area is 267 Å². The first-order valence-corrected chi connectivity index (χ1v) is 15.9. The zero-order valence-corrected chi connectivity index (χ0v) is 27.3. The minimum absolute atomic E-state index is 0.365. The average molecular weight is 627 g/mol. The molecule has 6 nitrogen and oxygen atoms in total. The molecule has 2 aliphatic heterocycles. The van der Waals surface area contributed by atoms with Gasteiger partial charge in [-0.2, -0.15) is 0 Å². The van der Waals surface area contributed by atoms with Crippen LogP contribution in [0.3, 0.4) is 0 Å². The van der Waals surface area contributed by atoms with Crippen LogP contribution in [0.25, 0.3) is 12.2 Å². The molecule has 240 valence electrons. The van der Waals surface area contributed by atoms with Crippen molar-refractivity contribution >= 4 is 23.5 Å². The normalized spacial score (nSPS) is 17.9. The van der Waals surface area contributed by atoms with Crippen molar-refractivity contribution in [1.29, 1.82) is 0 Å². The largest absolute Gasteiger partial charge is 0.344 e. The fourth-order valence-electron chi connectivity index (χ4n) is 6.73. The second-order valence-corrected chi connectivity index (χ2v) is 13.2. The fraction of sp³-hybridized carbons (Fsp3) is 0.368. The van der Waals surface area contributed by atoms with Crippen LogP contribution in [0.2, 0.25) is 0 Å². The van der Waals surface area contributed by atoms with Crippen LogP contribution in [0.15, 0.2) is 79.1 Å². The van der Waals surface area contributed by atoms with Gasteiger partial charge in [0.1, 0.15) is 11.6 Å². The van der Waals surface area contributed by atoms with Crippen LogP contribution < -0.4 is 42.0 Å². The van der Waals surface area contributed by atoms with Crippen molar-refractivity contribution in [3.63, 3.8) is 0 Å². The Morgan fingerprint density at radius 2 is 0.935 bits per heavy atom. The Morgan fingerprint density at radius 1 is 0.587 bits per heavy atom. The Bertz CT molecular complexity index is 1900. The summed E-state index contributed by atoms with van der Waals surface area (Å²) in [4.78, 5) is 57.4. The molecule has 0 aliphatic carbocycles. The van der Waals surface area contributed by atoms with E-state index in [1.54, 1.807) is 24.3 Å². The number of hydrogen-bond donors (Lipinski definition) is 0. The van der Waals surface area contributed by atoms with Crippen LogP contribution in [0.4, 0.5) is 20.2 Å². The van der Waals surface area contributed by atoms with Crippen LogP contribution >= 0.6 is 0 Å². The molecule has 0 atom stereocenters. The third-order valence-electron chi connectivity index (χ3n) is 9.39. The fourth-order valence-corrected chi connectivity index (χ4v) is 6.73. The van der Waals surface area contributed by atoms with Crippen molar-refractivity contribution in [3.8, 4) is 0 Å². The first-order valence-electron chi connectivity index (χ1n) is 15.9. The molecule has 0 N–H and O–H groups in total. The van der Waals surface area contributed by atoms with E-state index in [9.17, 15) is 28.0 Å². The van der Waals surface area contributed by atoms with Crippen molar-refractivity contribution in [1.82, 2.24) is 0 Å². The van der Waals surface area contributed by atoms with Crippen LogP contribution in [0.5, 0.6) is 0 Å². The maximum Gasteiger partial charge on any atom is 0.237 e. The Kier molecular flexibility index (Phi) is 8.86. The smallest absolute Gasteiger partial charge is 0.237 e. The summed E-state index contributed by atoms with van der Waals surface area (Å²) in [6.07, 6.45) is 9.25. The third-order valence-corrected chi connectivity index (χ3v) is 9.39. The van der Waals surface area contributed by atoms with Crippen molar-refractivity contribution in [2.45, 2.75) is 78.1 Å². The highest BCUT2D eigenvalue weighted by Gasteiger charge is 2.41. The van der Waals surface area contributed by atoms with Gasteiger partial charge in [0.2, 0.25) is 21.7 Å². The van der Waals surface area contributed by atoms with Gasteiger partial charge in [-0.15, -0.1) is 0 Å². The highest BCUT2D eigenvalue weighted by Crippen LogP contribution is 2.49. The van der Waals surface area contributed by atoms with E-state index in [0.717, 1.165) is 59.6 Å². The minimum atomic E-state index is -1.05. The molecular formula is C38H40F2N2O4. The molecule has 0 amide bonds. The number of benzene rings is 3. The predicted molar refractivity (Wildman–Crippen MR) is 182 cm³/mol. The molecule has 46 heavy (non-hydrogen) atoms. The van der Waals surface area contributed by atoms with Gasteiger partial charge >= 0.3 is 0 Å². The van der Waals surface area contributed by atoms with E-state index in [2.05, 4.69) is 13.8 Å².